The maximum absolute atomic E-state index is 13.4. The van der Waals surface area contributed by atoms with E-state index in [1.807, 2.05) is 13.8 Å². The molecule has 154 valence electrons. The van der Waals surface area contributed by atoms with Crippen molar-refractivity contribution >= 4 is 17.9 Å². The van der Waals surface area contributed by atoms with Crippen molar-refractivity contribution in [2.24, 2.45) is 17.8 Å². The fourth-order valence-electron chi connectivity index (χ4n) is 3.37. The fraction of sp³-hybridized carbons (Fsp3) is 0.545. The van der Waals surface area contributed by atoms with Gasteiger partial charge in [0.05, 0.1) is 0 Å². The van der Waals surface area contributed by atoms with Crippen LogP contribution in [0.5, 0.6) is 0 Å². The van der Waals surface area contributed by atoms with E-state index in [9.17, 15) is 18.4 Å². The minimum absolute atomic E-state index is 0.114. The highest BCUT2D eigenvalue weighted by Crippen LogP contribution is 2.23. The van der Waals surface area contributed by atoms with Gasteiger partial charge < -0.3 is 10.2 Å². The van der Waals surface area contributed by atoms with E-state index in [0.29, 0.717) is 24.4 Å². The maximum Gasteiger partial charge on any atom is 0.247 e. The molecule has 1 N–H and O–H groups in total. The molecule has 3 atom stereocenters. The summed E-state index contributed by atoms with van der Waals surface area (Å²) in [6.45, 7) is 10.7. The van der Waals surface area contributed by atoms with Crippen LogP contribution in [0.2, 0.25) is 0 Å². The Morgan fingerprint density at radius 1 is 1.21 bits per heavy atom. The van der Waals surface area contributed by atoms with Gasteiger partial charge in [-0.2, -0.15) is 0 Å². The van der Waals surface area contributed by atoms with Crippen LogP contribution in [0.3, 0.4) is 0 Å². The van der Waals surface area contributed by atoms with Crippen molar-refractivity contribution in [3.05, 3.63) is 41.5 Å². The van der Waals surface area contributed by atoms with Gasteiger partial charge in [0.1, 0.15) is 6.04 Å². The molecule has 1 fully saturated rings. The summed E-state index contributed by atoms with van der Waals surface area (Å²) >= 11 is 0. The topological polar surface area (TPSA) is 49.4 Å². The summed E-state index contributed by atoms with van der Waals surface area (Å²) in [6, 6.07) is 2.82. The van der Waals surface area contributed by atoms with Crippen LogP contribution in [0.4, 0.5) is 8.78 Å². The molecule has 0 aromatic heterocycles. The van der Waals surface area contributed by atoms with E-state index in [0.717, 1.165) is 12.1 Å². The normalized spacial score (nSPS) is 21.5. The van der Waals surface area contributed by atoms with Gasteiger partial charge in [-0.1, -0.05) is 40.7 Å². The third kappa shape index (κ3) is 5.40. The van der Waals surface area contributed by atoms with E-state index in [-0.39, 0.29) is 29.7 Å². The lowest BCUT2D eigenvalue weighted by molar-refractivity contribution is -0.143. The van der Waals surface area contributed by atoms with Crippen molar-refractivity contribution in [3.8, 4) is 0 Å². The Morgan fingerprint density at radius 2 is 1.89 bits per heavy atom. The summed E-state index contributed by atoms with van der Waals surface area (Å²) < 4.78 is 26.4. The number of nitrogens with one attached hydrogen (secondary N) is 1. The number of amides is 2. The number of hydrogen-bond acceptors (Lipinski definition) is 2. The van der Waals surface area contributed by atoms with E-state index in [2.05, 4.69) is 26.1 Å². The molecule has 6 heteroatoms. The SMILES string of the molecule is CC(C)CC1C(=O)NC(C(C)C(C)C)CN1C(=O)C=Cc1ccc(F)c(F)c1. The van der Waals surface area contributed by atoms with Crippen molar-refractivity contribution in [3.63, 3.8) is 0 Å². The van der Waals surface area contributed by atoms with Gasteiger partial charge in [-0.05, 0) is 47.9 Å². The average molecular weight is 392 g/mol. The van der Waals surface area contributed by atoms with Gasteiger partial charge >= 0.3 is 0 Å². The summed E-state index contributed by atoms with van der Waals surface area (Å²) in [5.41, 5.74) is 0.390. The molecule has 4 nitrogen and oxygen atoms in total. The van der Waals surface area contributed by atoms with E-state index < -0.39 is 17.7 Å². The van der Waals surface area contributed by atoms with Gasteiger partial charge in [-0.3, -0.25) is 9.59 Å². The number of rotatable bonds is 6. The molecule has 1 heterocycles. The molecule has 0 saturated carbocycles. The molecule has 0 radical (unpaired) electrons. The Kier molecular flexibility index (Phi) is 7.33. The number of carbonyl (C=O) groups is 2. The highest BCUT2D eigenvalue weighted by molar-refractivity contribution is 5.96. The van der Waals surface area contributed by atoms with Crippen molar-refractivity contribution in [2.45, 2.75) is 53.1 Å². The van der Waals surface area contributed by atoms with E-state index in [1.54, 1.807) is 4.90 Å². The van der Waals surface area contributed by atoms with Crippen LogP contribution in [0, 0.1) is 29.4 Å². The van der Waals surface area contributed by atoms with E-state index >= 15 is 0 Å². The molecule has 0 bridgehead atoms. The van der Waals surface area contributed by atoms with Gasteiger partial charge in [0.15, 0.2) is 11.6 Å². The second-order valence-corrected chi connectivity index (χ2v) is 8.36. The van der Waals surface area contributed by atoms with Crippen LogP contribution in [0.15, 0.2) is 24.3 Å². The zero-order chi connectivity index (χ0) is 21.0. The zero-order valence-corrected chi connectivity index (χ0v) is 17.2. The zero-order valence-electron chi connectivity index (χ0n) is 17.2. The number of halogens is 2. The van der Waals surface area contributed by atoms with Crippen LogP contribution < -0.4 is 5.32 Å². The van der Waals surface area contributed by atoms with Gasteiger partial charge in [-0.25, -0.2) is 8.78 Å². The third-order valence-corrected chi connectivity index (χ3v) is 5.43. The Hall–Kier alpha value is -2.24. The van der Waals surface area contributed by atoms with Crippen LogP contribution in [0.1, 0.15) is 46.6 Å². The monoisotopic (exact) mass is 392 g/mol. The first-order chi connectivity index (χ1) is 13.1. The first kappa shape index (κ1) is 22.1. The van der Waals surface area contributed by atoms with Crippen molar-refractivity contribution in [1.29, 1.82) is 0 Å². The Balaban J connectivity index is 2.23. The predicted molar refractivity (Wildman–Crippen MR) is 106 cm³/mol. The highest BCUT2D eigenvalue weighted by Gasteiger charge is 2.39. The molecule has 1 aliphatic rings. The molecule has 1 aliphatic heterocycles. The lowest BCUT2D eigenvalue weighted by atomic mass is 9.87. The first-order valence-corrected chi connectivity index (χ1v) is 9.84. The highest BCUT2D eigenvalue weighted by atomic mass is 19.2. The molecule has 0 aliphatic carbocycles. The molecular weight excluding hydrogens is 362 g/mol. The summed E-state index contributed by atoms with van der Waals surface area (Å²) in [5, 5.41) is 3.08. The van der Waals surface area contributed by atoms with Gasteiger partial charge in [0, 0.05) is 18.7 Å². The van der Waals surface area contributed by atoms with Gasteiger partial charge in [-0.15, -0.1) is 0 Å². The lowest BCUT2D eigenvalue weighted by Gasteiger charge is -2.42. The van der Waals surface area contributed by atoms with E-state index in [1.165, 1.54) is 18.2 Å². The minimum Gasteiger partial charge on any atom is -0.350 e. The molecule has 1 aromatic rings. The number of carbonyl (C=O) groups excluding carboxylic acids is 2. The lowest BCUT2D eigenvalue weighted by Crippen LogP contribution is -2.63. The largest absolute Gasteiger partial charge is 0.350 e. The van der Waals surface area contributed by atoms with Gasteiger partial charge in [0.25, 0.3) is 0 Å². The molecule has 0 spiro atoms. The van der Waals surface area contributed by atoms with Crippen molar-refractivity contribution in [2.75, 3.05) is 6.54 Å². The third-order valence-electron chi connectivity index (χ3n) is 5.43. The van der Waals surface area contributed by atoms with Gasteiger partial charge in [0.2, 0.25) is 11.8 Å². The van der Waals surface area contributed by atoms with E-state index in [4.69, 9.17) is 0 Å². The number of piperazine rings is 1. The second-order valence-electron chi connectivity index (χ2n) is 8.36. The molecule has 2 amide bonds. The second kappa shape index (κ2) is 9.30. The van der Waals surface area contributed by atoms with Crippen molar-refractivity contribution < 1.29 is 18.4 Å². The summed E-state index contributed by atoms with van der Waals surface area (Å²) in [6.07, 6.45) is 3.35. The summed E-state index contributed by atoms with van der Waals surface area (Å²) in [5.74, 6) is -1.50. The number of benzene rings is 1. The van der Waals surface area contributed by atoms with Crippen LogP contribution in [-0.2, 0) is 9.59 Å². The Morgan fingerprint density at radius 3 is 2.46 bits per heavy atom. The Bertz CT molecular complexity index is 746. The molecule has 1 aromatic carbocycles. The quantitative estimate of drug-likeness (QED) is 0.744. The average Bonchev–Trinajstić information content (AvgIpc) is 2.62. The minimum atomic E-state index is -0.963. The smallest absolute Gasteiger partial charge is 0.247 e. The van der Waals surface area contributed by atoms with Crippen LogP contribution >= 0.6 is 0 Å². The maximum atomic E-state index is 13.4. The molecular formula is C22H30F2N2O2. The summed E-state index contributed by atoms with van der Waals surface area (Å²) in [4.78, 5) is 27.2. The number of nitrogens with zero attached hydrogens (tertiary/aromatic N) is 1. The standard InChI is InChI=1S/C22H30F2N2O2/c1-13(2)10-20-22(28)25-19(15(5)14(3)4)12-26(20)21(27)9-7-16-6-8-17(23)18(24)11-16/h6-9,11,13-15,19-20H,10,12H2,1-5H3,(H,25,28). The molecule has 28 heavy (non-hydrogen) atoms. The van der Waals surface area contributed by atoms with Crippen LogP contribution in [-0.4, -0.2) is 35.3 Å². The molecule has 3 unspecified atom stereocenters. The predicted octanol–water partition coefficient (Wildman–Crippen LogP) is 4.01. The number of hydrogen-bond donors (Lipinski definition) is 1. The molecule has 1 saturated heterocycles. The van der Waals surface area contributed by atoms with Crippen molar-refractivity contribution in [1.82, 2.24) is 10.2 Å². The Labute approximate surface area is 166 Å². The van der Waals surface area contributed by atoms with Crippen LogP contribution in [0.25, 0.3) is 6.08 Å². The fourth-order valence-corrected chi connectivity index (χ4v) is 3.37. The molecule has 2 rings (SSSR count). The summed E-state index contributed by atoms with van der Waals surface area (Å²) in [7, 11) is 0. The first-order valence-electron chi connectivity index (χ1n) is 9.84.